The molecule has 20 heavy (non-hydrogen) atoms. The van der Waals surface area contributed by atoms with Crippen molar-refractivity contribution in [2.24, 2.45) is 0 Å². The molecule has 0 aliphatic heterocycles. The number of carboxylic acids is 1. The van der Waals surface area contributed by atoms with Crippen molar-refractivity contribution in [3.8, 4) is 0 Å². The van der Waals surface area contributed by atoms with Gasteiger partial charge >= 0.3 is 5.97 Å². The quantitative estimate of drug-likeness (QED) is 0.671. The number of halogens is 2. The topological polar surface area (TPSA) is 80.4 Å². The van der Waals surface area contributed by atoms with Gasteiger partial charge in [0.25, 0.3) is 0 Å². The van der Waals surface area contributed by atoms with Crippen molar-refractivity contribution in [1.82, 2.24) is 0 Å². The summed E-state index contributed by atoms with van der Waals surface area (Å²) in [6.07, 6.45) is 0. The molecule has 0 bridgehead atoms. The Hall–Kier alpha value is -2.04. The fraction of sp³-hybridized carbons (Fsp3) is 0. The fourth-order valence-electron chi connectivity index (χ4n) is 1.80. The van der Waals surface area contributed by atoms with Crippen LogP contribution in [0.1, 0.15) is 26.3 Å². The molecular weight excluding hydrogens is 301 g/mol. The molecule has 4 nitrogen and oxygen atoms in total. The van der Waals surface area contributed by atoms with E-state index in [1.807, 2.05) is 0 Å². The molecule has 0 saturated heterocycles. The van der Waals surface area contributed by atoms with E-state index >= 15 is 0 Å². The number of carbonyl (C=O) groups is 2. The molecule has 3 N–H and O–H groups in total. The summed E-state index contributed by atoms with van der Waals surface area (Å²) in [6, 6.07) is 8.79. The van der Waals surface area contributed by atoms with Crippen LogP contribution in [-0.4, -0.2) is 16.9 Å². The van der Waals surface area contributed by atoms with E-state index in [1.165, 1.54) is 24.3 Å². The van der Waals surface area contributed by atoms with Crippen molar-refractivity contribution in [1.29, 1.82) is 0 Å². The molecule has 102 valence electrons. The third-order valence-electron chi connectivity index (χ3n) is 2.77. The Labute approximate surface area is 124 Å². The number of carboxylic acid groups (broad SMARTS) is 1. The first-order valence-electron chi connectivity index (χ1n) is 5.54. The van der Waals surface area contributed by atoms with Gasteiger partial charge in [-0.05, 0) is 24.3 Å². The molecule has 0 aliphatic carbocycles. The maximum Gasteiger partial charge on any atom is 0.336 e. The van der Waals surface area contributed by atoms with E-state index in [-0.39, 0.29) is 32.4 Å². The molecule has 0 radical (unpaired) electrons. The molecule has 0 atom stereocenters. The van der Waals surface area contributed by atoms with Crippen molar-refractivity contribution >= 4 is 40.6 Å². The largest absolute Gasteiger partial charge is 0.478 e. The second-order valence-corrected chi connectivity index (χ2v) is 4.81. The summed E-state index contributed by atoms with van der Waals surface area (Å²) >= 11 is 11.8. The lowest BCUT2D eigenvalue weighted by atomic mass is 9.97. The fourth-order valence-corrected chi connectivity index (χ4v) is 2.24. The molecule has 0 aromatic heterocycles. The summed E-state index contributed by atoms with van der Waals surface area (Å²) in [4.78, 5) is 23.7. The van der Waals surface area contributed by atoms with Crippen molar-refractivity contribution in [3.63, 3.8) is 0 Å². The van der Waals surface area contributed by atoms with E-state index in [2.05, 4.69) is 0 Å². The molecule has 2 aromatic carbocycles. The minimum atomic E-state index is -1.24. The summed E-state index contributed by atoms with van der Waals surface area (Å²) in [5, 5.41) is 9.41. The molecule has 6 heteroatoms. The Morgan fingerprint density at radius 2 is 1.50 bits per heavy atom. The average molecular weight is 310 g/mol. The Morgan fingerprint density at radius 3 is 2.10 bits per heavy atom. The monoisotopic (exact) mass is 309 g/mol. The number of rotatable bonds is 3. The van der Waals surface area contributed by atoms with Crippen LogP contribution in [0.5, 0.6) is 0 Å². The molecule has 0 fully saturated rings. The molecule has 0 spiro atoms. The van der Waals surface area contributed by atoms with E-state index in [4.69, 9.17) is 34.0 Å². The standard InChI is InChI=1S/C14H9Cl2NO3/c15-9-5-1-3-7(14(19)20)11(9)13(18)8-4-2-6-10(16)12(8)17/h1-6H,17H2,(H,19,20). The van der Waals surface area contributed by atoms with Crippen LogP contribution in [0, 0.1) is 0 Å². The number of para-hydroxylation sites is 1. The summed E-state index contributed by atoms with van der Waals surface area (Å²) in [5.41, 5.74) is 5.69. The first-order valence-corrected chi connectivity index (χ1v) is 6.29. The van der Waals surface area contributed by atoms with Gasteiger partial charge in [0.1, 0.15) is 0 Å². The third kappa shape index (κ3) is 2.48. The highest BCUT2D eigenvalue weighted by atomic mass is 35.5. The van der Waals surface area contributed by atoms with E-state index in [0.29, 0.717) is 0 Å². The van der Waals surface area contributed by atoms with Crippen LogP contribution in [0.3, 0.4) is 0 Å². The predicted octanol–water partition coefficient (Wildman–Crippen LogP) is 3.50. The van der Waals surface area contributed by atoms with Gasteiger partial charge in [-0.2, -0.15) is 0 Å². The number of anilines is 1. The zero-order valence-corrected chi connectivity index (χ0v) is 11.6. The van der Waals surface area contributed by atoms with Crippen LogP contribution in [0.15, 0.2) is 36.4 Å². The third-order valence-corrected chi connectivity index (χ3v) is 3.41. The number of benzene rings is 2. The van der Waals surface area contributed by atoms with Gasteiger partial charge in [0.05, 0.1) is 26.9 Å². The number of nitrogen functional groups attached to an aromatic ring is 1. The van der Waals surface area contributed by atoms with E-state index in [9.17, 15) is 9.59 Å². The molecule has 0 amide bonds. The molecule has 0 aliphatic rings. The lowest BCUT2D eigenvalue weighted by Crippen LogP contribution is -2.12. The summed E-state index contributed by atoms with van der Waals surface area (Å²) in [6.45, 7) is 0. The smallest absolute Gasteiger partial charge is 0.336 e. The molecule has 0 unspecified atom stereocenters. The summed E-state index contributed by atoms with van der Waals surface area (Å²) < 4.78 is 0. The Morgan fingerprint density at radius 1 is 0.950 bits per heavy atom. The van der Waals surface area contributed by atoms with Gasteiger partial charge in [0.2, 0.25) is 0 Å². The maximum atomic E-state index is 12.5. The van der Waals surface area contributed by atoms with E-state index in [1.54, 1.807) is 12.1 Å². The maximum absolute atomic E-state index is 12.5. The van der Waals surface area contributed by atoms with Crippen LogP contribution >= 0.6 is 23.2 Å². The van der Waals surface area contributed by atoms with Gasteiger partial charge in [-0.1, -0.05) is 35.3 Å². The zero-order chi connectivity index (χ0) is 14.9. The first kappa shape index (κ1) is 14.4. The van der Waals surface area contributed by atoms with Crippen molar-refractivity contribution in [3.05, 3.63) is 63.1 Å². The highest BCUT2D eigenvalue weighted by Gasteiger charge is 2.23. The normalized spacial score (nSPS) is 10.3. The first-order chi connectivity index (χ1) is 9.43. The molecule has 2 aromatic rings. The SMILES string of the molecule is Nc1c(Cl)cccc1C(=O)c1c(Cl)cccc1C(=O)O. The number of hydrogen-bond donors (Lipinski definition) is 2. The molecule has 2 rings (SSSR count). The minimum Gasteiger partial charge on any atom is -0.478 e. The Balaban J connectivity index is 2.65. The molecule has 0 heterocycles. The van der Waals surface area contributed by atoms with Gasteiger partial charge in [0.15, 0.2) is 5.78 Å². The second-order valence-electron chi connectivity index (χ2n) is 4.00. The van der Waals surface area contributed by atoms with E-state index in [0.717, 1.165) is 0 Å². The highest BCUT2D eigenvalue weighted by molar-refractivity contribution is 6.37. The van der Waals surface area contributed by atoms with Gasteiger partial charge in [0, 0.05) is 5.56 Å². The van der Waals surface area contributed by atoms with E-state index < -0.39 is 11.8 Å². The van der Waals surface area contributed by atoms with Crippen LogP contribution < -0.4 is 5.73 Å². The predicted molar refractivity (Wildman–Crippen MR) is 77.7 cm³/mol. The van der Waals surface area contributed by atoms with Gasteiger partial charge in [-0.15, -0.1) is 0 Å². The number of hydrogen-bond acceptors (Lipinski definition) is 3. The van der Waals surface area contributed by atoms with Crippen molar-refractivity contribution in [2.75, 3.05) is 5.73 Å². The average Bonchev–Trinajstić information content (AvgIpc) is 2.40. The van der Waals surface area contributed by atoms with Gasteiger partial charge in [-0.3, -0.25) is 4.79 Å². The zero-order valence-electron chi connectivity index (χ0n) is 10.1. The van der Waals surface area contributed by atoms with Crippen LogP contribution in [-0.2, 0) is 0 Å². The van der Waals surface area contributed by atoms with Crippen LogP contribution in [0.2, 0.25) is 10.0 Å². The van der Waals surface area contributed by atoms with Crippen LogP contribution in [0.25, 0.3) is 0 Å². The summed E-state index contributed by atoms with van der Waals surface area (Å²) in [7, 11) is 0. The minimum absolute atomic E-state index is 0.0503. The Bertz CT molecular complexity index is 714. The van der Waals surface area contributed by atoms with Gasteiger partial charge < -0.3 is 10.8 Å². The number of carbonyl (C=O) groups excluding carboxylic acids is 1. The number of nitrogens with two attached hydrogens (primary N) is 1. The second kappa shape index (κ2) is 5.53. The molecular formula is C14H9Cl2NO3. The van der Waals surface area contributed by atoms with Crippen LogP contribution in [0.4, 0.5) is 5.69 Å². The van der Waals surface area contributed by atoms with Gasteiger partial charge in [-0.25, -0.2) is 4.79 Å². The summed E-state index contributed by atoms with van der Waals surface area (Å²) in [5.74, 6) is -1.82. The van der Waals surface area contributed by atoms with Crippen molar-refractivity contribution < 1.29 is 14.7 Å². The highest BCUT2D eigenvalue weighted by Crippen LogP contribution is 2.29. The Kier molecular flexibility index (Phi) is 3.97. The lowest BCUT2D eigenvalue weighted by molar-refractivity contribution is 0.0693. The number of ketones is 1. The van der Waals surface area contributed by atoms with Crippen molar-refractivity contribution in [2.45, 2.75) is 0 Å². The molecule has 0 saturated carbocycles. The lowest BCUT2D eigenvalue weighted by Gasteiger charge is -2.10. The number of aromatic carboxylic acids is 1.